The zero-order valence-corrected chi connectivity index (χ0v) is 19.3. The number of nitrogens with zero attached hydrogens (tertiary/aromatic N) is 4. The van der Waals surface area contributed by atoms with Gasteiger partial charge in [0.1, 0.15) is 17.3 Å². The quantitative estimate of drug-likeness (QED) is 0.542. The Labute approximate surface area is 188 Å². The molecule has 168 valence electrons. The topological polar surface area (TPSA) is 104 Å². The standard InChI is InChI=1S/C23H26N4O4S/c1-14-22(15(2)31-26-14)32(28,29)27-12-10-19-20(11-13-27)24-23(17-4-5-17)25-21(19)16-6-8-18(30-3)9-7-16/h6-9,17H,4-5,10-13H2,1-3H3. The summed E-state index contributed by atoms with van der Waals surface area (Å²) in [6.45, 7) is 4.01. The van der Waals surface area contributed by atoms with Crippen LogP contribution in [0.15, 0.2) is 33.7 Å². The van der Waals surface area contributed by atoms with Gasteiger partial charge in [0.15, 0.2) is 16.2 Å². The average Bonchev–Trinajstić information content (AvgIpc) is 3.59. The number of sulfonamides is 1. The third kappa shape index (κ3) is 3.74. The first-order valence-corrected chi connectivity index (χ1v) is 12.3. The summed E-state index contributed by atoms with van der Waals surface area (Å²) in [5.41, 5.74) is 4.25. The lowest BCUT2D eigenvalue weighted by Gasteiger charge is -2.25. The fourth-order valence-corrected chi connectivity index (χ4v) is 6.05. The normalized spacial score (nSPS) is 18.6. The van der Waals surface area contributed by atoms with Gasteiger partial charge >= 0.3 is 0 Å². The van der Waals surface area contributed by atoms with E-state index < -0.39 is 10.4 Å². The molecular weight excluding hydrogens is 428 g/mol. The number of hydrogen-bond donors (Lipinski definition) is 0. The van der Waals surface area contributed by atoms with Crippen molar-refractivity contribution in [3.05, 3.63) is 52.8 Å². The molecule has 9 heteroatoms. The van der Waals surface area contributed by atoms with Gasteiger partial charge in [-0.2, -0.15) is 0 Å². The van der Waals surface area contributed by atoms with Crippen molar-refractivity contribution in [1.29, 1.82) is 0 Å². The minimum Gasteiger partial charge on any atom is -0.593 e. The second-order valence-corrected chi connectivity index (χ2v) is 10.3. The molecule has 0 N–H and O–H groups in total. The monoisotopic (exact) mass is 454 g/mol. The van der Waals surface area contributed by atoms with Gasteiger partial charge in [-0.3, -0.25) is 0 Å². The molecule has 0 bridgehead atoms. The highest BCUT2D eigenvalue weighted by Gasteiger charge is 2.38. The number of fused-ring (bicyclic) bond motifs is 1. The molecule has 0 radical (unpaired) electrons. The maximum Gasteiger partial charge on any atom is 0.240 e. The second-order valence-electron chi connectivity index (χ2n) is 8.42. The molecule has 0 amide bonds. The van der Waals surface area contributed by atoms with Gasteiger partial charge in [0.05, 0.1) is 12.8 Å². The lowest BCUT2D eigenvalue weighted by Crippen LogP contribution is -2.38. The minimum absolute atomic E-state index is 0.170. The lowest BCUT2D eigenvalue weighted by molar-refractivity contribution is 0.358. The highest BCUT2D eigenvalue weighted by atomic mass is 32.3. The Morgan fingerprint density at radius 2 is 1.84 bits per heavy atom. The van der Waals surface area contributed by atoms with Crippen LogP contribution in [0.3, 0.4) is 0 Å². The number of hydrogen-bond acceptors (Lipinski definition) is 7. The van der Waals surface area contributed by atoms with Gasteiger partial charge in [-0.1, -0.05) is 9.37 Å². The second kappa shape index (κ2) is 8.06. The molecule has 1 unspecified atom stereocenters. The summed E-state index contributed by atoms with van der Waals surface area (Å²) >= 11 is 0. The van der Waals surface area contributed by atoms with Crippen molar-refractivity contribution in [3.63, 3.8) is 0 Å². The van der Waals surface area contributed by atoms with Crippen molar-refractivity contribution < 1.29 is 18.0 Å². The summed E-state index contributed by atoms with van der Waals surface area (Å²) < 4.78 is 38.7. The maximum atomic E-state index is 13.4. The SMILES string of the molecule is COc1ccc(-c2nc(C3CC3)nc3c2CCN([S+](=O)([O-])c2c(C)noc2C)CC3)cc1. The summed E-state index contributed by atoms with van der Waals surface area (Å²) in [6, 6.07) is 7.85. The zero-order valence-electron chi connectivity index (χ0n) is 18.5. The van der Waals surface area contributed by atoms with Crippen LogP contribution in [0.25, 0.3) is 11.3 Å². The van der Waals surface area contributed by atoms with Crippen molar-refractivity contribution in [2.24, 2.45) is 0 Å². The van der Waals surface area contributed by atoms with E-state index in [1.807, 2.05) is 24.3 Å². The molecule has 1 fully saturated rings. The number of methoxy groups -OCH3 is 1. The zero-order chi connectivity index (χ0) is 22.5. The number of ether oxygens (including phenoxy) is 1. The Morgan fingerprint density at radius 1 is 1.12 bits per heavy atom. The lowest BCUT2D eigenvalue weighted by atomic mass is 10.0. The number of rotatable bonds is 5. The Morgan fingerprint density at radius 3 is 2.47 bits per heavy atom. The van der Waals surface area contributed by atoms with Gasteiger partial charge in [0, 0.05) is 49.2 Å². The molecule has 3 heterocycles. The summed E-state index contributed by atoms with van der Waals surface area (Å²) in [5.74, 6) is 2.38. The fraction of sp³-hybridized carbons (Fsp3) is 0.435. The van der Waals surface area contributed by atoms with Crippen molar-refractivity contribution >= 4 is 10.4 Å². The van der Waals surface area contributed by atoms with Crippen LogP contribution in [0.1, 0.15) is 47.3 Å². The third-order valence-electron chi connectivity index (χ3n) is 6.19. The molecule has 1 aliphatic carbocycles. The Hall–Kier alpha value is -2.62. The van der Waals surface area contributed by atoms with E-state index in [1.54, 1.807) is 21.0 Å². The first-order valence-electron chi connectivity index (χ1n) is 10.9. The van der Waals surface area contributed by atoms with Crippen molar-refractivity contribution in [2.45, 2.75) is 50.3 Å². The van der Waals surface area contributed by atoms with Crippen LogP contribution in [0, 0.1) is 13.8 Å². The van der Waals surface area contributed by atoms with E-state index in [9.17, 15) is 8.76 Å². The fourth-order valence-electron chi connectivity index (χ4n) is 4.32. The molecule has 32 heavy (non-hydrogen) atoms. The van der Waals surface area contributed by atoms with Gasteiger partial charge in [-0.05, 0) is 50.5 Å². The minimum atomic E-state index is -3.71. The van der Waals surface area contributed by atoms with Crippen LogP contribution in [0.4, 0.5) is 0 Å². The molecule has 1 saturated carbocycles. The molecule has 2 aliphatic rings. The number of aromatic nitrogens is 3. The Bertz CT molecular complexity index is 1180. The van der Waals surface area contributed by atoms with Crippen molar-refractivity contribution in [2.75, 3.05) is 20.2 Å². The van der Waals surface area contributed by atoms with Gasteiger partial charge in [-0.25, -0.2) is 9.97 Å². The van der Waals surface area contributed by atoms with Crippen LogP contribution < -0.4 is 4.74 Å². The van der Waals surface area contributed by atoms with E-state index in [4.69, 9.17) is 19.2 Å². The third-order valence-corrected chi connectivity index (χ3v) is 8.33. The van der Waals surface area contributed by atoms with E-state index in [2.05, 4.69) is 5.16 Å². The van der Waals surface area contributed by atoms with E-state index in [1.165, 1.54) is 4.31 Å². The Kier molecular flexibility index (Phi) is 5.35. The van der Waals surface area contributed by atoms with Crippen LogP contribution in [-0.2, 0) is 27.5 Å². The van der Waals surface area contributed by atoms with Crippen LogP contribution in [0.2, 0.25) is 0 Å². The van der Waals surface area contributed by atoms with Gasteiger partial charge in [0.2, 0.25) is 4.90 Å². The van der Waals surface area contributed by atoms with E-state index in [-0.39, 0.29) is 4.90 Å². The highest BCUT2D eigenvalue weighted by Crippen LogP contribution is 2.40. The summed E-state index contributed by atoms with van der Waals surface area (Å²) in [4.78, 5) is 9.99. The molecule has 1 aliphatic heterocycles. The largest absolute Gasteiger partial charge is 0.593 e. The molecule has 0 saturated heterocycles. The molecule has 1 atom stereocenters. The highest BCUT2D eigenvalue weighted by molar-refractivity contribution is 7.95. The first kappa shape index (κ1) is 21.2. The molecule has 3 aromatic rings. The molecule has 2 aromatic heterocycles. The van der Waals surface area contributed by atoms with Gasteiger partial charge in [0.25, 0.3) is 0 Å². The molecule has 8 nitrogen and oxygen atoms in total. The summed E-state index contributed by atoms with van der Waals surface area (Å²) in [6.07, 6.45) is 3.30. The van der Waals surface area contributed by atoms with Crippen molar-refractivity contribution in [1.82, 2.24) is 19.4 Å². The van der Waals surface area contributed by atoms with Gasteiger partial charge in [-0.15, -0.1) is 4.31 Å². The molecule has 0 spiro atoms. The number of benzene rings is 1. The van der Waals surface area contributed by atoms with Gasteiger partial charge < -0.3 is 13.8 Å². The Balaban J connectivity index is 1.52. The molecule has 1 aromatic carbocycles. The average molecular weight is 455 g/mol. The van der Waals surface area contributed by atoms with E-state index in [0.717, 1.165) is 46.9 Å². The predicted molar refractivity (Wildman–Crippen MR) is 118 cm³/mol. The predicted octanol–water partition coefficient (Wildman–Crippen LogP) is 3.64. The molecular formula is C23H26N4O4S. The van der Waals surface area contributed by atoms with Crippen molar-refractivity contribution in [3.8, 4) is 17.0 Å². The molecule has 5 rings (SSSR count). The smallest absolute Gasteiger partial charge is 0.240 e. The number of aryl methyl sites for hydroxylation is 2. The van der Waals surface area contributed by atoms with Crippen LogP contribution in [-0.4, -0.2) is 44.2 Å². The summed E-state index contributed by atoms with van der Waals surface area (Å²) in [5, 5.41) is 3.83. The van der Waals surface area contributed by atoms with E-state index in [0.29, 0.717) is 43.3 Å². The van der Waals surface area contributed by atoms with Crippen LogP contribution >= 0.6 is 0 Å². The maximum absolute atomic E-state index is 13.4. The first-order chi connectivity index (χ1) is 15.4. The van der Waals surface area contributed by atoms with E-state index >= 15 is 0 Å². The summed E-state index contributed by atoms with van der Waals surface area (Å²) in [7, 11) is -2.07. The van der Waals surface area contributed by atoms with Crippen LogP contribution in [0.5, 0.6) is 5.75 Å².